The van der Waals surface area contributed by atoms with Crippen molar-refractivity contribution in [2.75, 3.05) is 0 Å². The van der Waals surface area contributed by atoms with Crippen molar-refractivity contribution < 1.29 is 0 Å². The van der Waals surface area contributed by atoms with Gasteiger partial charge in [-0.25, -0.2) is 0 Å². The van der Waals surface area contributed by atoms with Gasteiger partial charge in [0.15, 0.2) is 0 Å². The van der Waals surface area contributed by atoms with Gasteiger partial charge in [0.2, 0.25) is 0 Å². The van der Waals surface area contributed by atoms with Crippen molar-refractivity contribution in [3.63, 3.8) is 0 Å². The summed E-state index contributed by atoms with van der Waals surface area (Å²) in [6.07, 6.45) is 0. The first kappa shape index (κ1) is 10.0. The molecule has 1 heterocycles. The topological polar surface area (TPSA) is 30.7 Å². The zero-order chi connectivity index (χ0) is 11.8. The van der Waals surface area contributed by atoms with E-state index >= 15 is 0 Å². The molecule has 0 aliphatic carbocycles. The predicted octanol–water partition coefficient (Wildman–Crippen LogP) is 3.04. The number of hydrogen-bond acceptors (Lipinski definition) is 2. The van der Waals surface area contributed by atoms with Crippen LogP contribution in [0.4, 0.5) is 0 Å². The third-order valence-corrected chi connectivity index (χ3v) is 2.93. The minimum Gasteiger partial charge on any atom is -0.150 e. The van der Waals surface area contributed by atoms with Crippen molar-refractivity contribution in [1.82, 2.24) is 15.0 Å². The van der Waals surface area contributed by atoms with Gasteiger partial charge in [0, 0.05) is 0 Å². The van der Waals surface area contributed by atoms with E-state index in [9.17, 15) is 0 Å². The molecule has 3 rings (SSSR count). The van der Waals surface area contributed by atoms with Crippen LogP contribution in [0.1, 0.15) is 11.1 Å². The lowest BCUT2D eigenvalue weighted by molar-refractivity contribution is 0.755. The number of para-hydroxylation sites is 1. The molecular weight excluding hydrogens is 210 g/mol. The molecule has 0 unspecified atom stereocenters. The Bertz CT molecular complexity index is 630. The van der Waals surface area contributed by atoms with Crippen molar-refractivity contribution in [1.29, 1.82) is 0 Å². The Morgan fingerprint density at radius 2 is 1.29 bits per heavy atom. The van der Waals surface area contributed by atoms with Crippen molar-refractivity contribution in [2.45, 2.75) is 13.8 Å². The molecule has 3 heteroatoms. The minimum absolute atomic E-state index is 0.926. The molecule has 0 aliphatic rings. The number of hydrogen-bond donors (Lipinski definition) is 0. The van der Waals surface area contributed by atoms with Crippen LogP contribution in [0.2, 0.25) is 0 Å². The Kier molecular flexibility index (Phi) is 2.18. The summed E-state index contributed by atoms with van der Waals surface area (Å²) in [4.78, 5) is 1.73. The molecule has 0 saturated heterocycles. The maximum absolute atomic E-state index is 4.51. The van der Waals surface area contributed by atoms with Crippen LogP contribution >= 0.6 is 0 Å². The molecule has 0 atom stereocenters. The van der Waals surface area contributed by atoms with Crippen LogP contribution in [0.25, 0.3) is 16.7 Å². The zero-order valence-corrected chi connectivity index (χ0v) is 9.88. The number of aromatic nitrogens is 3. The standard InChI is InChI=1S/C14H13N3/c1-10-6-5-7-11(2)14(10)17-15-12-8-3-4-9-13(12)16-17/h3-9H,1-2H3. The van der Waals surface area contributed by atoms with E-state index < -0.39 is 0 Å². The molecule has 3 aromatic rings. The molecule has 0 fully saturated rings. The number of rotatable bonds is 1. The van der Waals surface area contributed by atoms with Gasteiger partial charge in [-0.05, 0) is 37.1 Å². The lowest BCUT2D eigenvalue weighted by atomic mass is 10.1. The van der Waals surface area contributed by atoms with Gasteiger partial charge < -0.3 is 0 Å². The van der Waals surface area contributed by atoms with Crippen LogP contribution in [-0.4, -0.2) is 15.0 Å². The molecule has 0 amide bonds. The lowest BCUT2D eigenvalue weighted by Gasteiger charge is -2.07. The highest BCUT2D eigenvalue weighted by atomic mass is 15.5. The highest BCUT2D eigenvalue weighted by Gasteiger charge is 2.08. The van der Waals surface area contributed by atoms with E-state index in [1.165, 1.54) is 11.1 Å². The van der Waals surface area contributed by atoms with Crippen molar-refractivity contribution >= 4 is 11.0 Å². The minimum atomic E-state index is 0.926. The average molecular weight is 223 g/mol. The summed E-state index contributed by atoms with van der Waals surface area (Å²) in [5, 5.41) is 9.02. The van der Waals surface area contributed by atoms with E-state index in [1.54, 1.807) is 4.80 Å². The van der Waals surface area contributed by atoms with Gasteiger partial charge in [0.1, 0.15) is 11.0 Å². The molecule has 2 aromatic carbocycles. The van der Waals surface area contributed by atoms with Gasteiger partial charge in [-0.15, -0.1) is 15.0 Å². The van der Waals surface area contributed by atoms with Crippen LogP contribution in [0.15, 0.2) is 42.5 Å². The van der Waals surface area contributed by atoms with E-state index in [1.807, 2.05) is 24.3 Å². The van der Waals surface area contributed by atoms with E-state index in [-0.39, 0.29) is 0 Å². The van der Waals surface area contributed by atoms with E-state index in [0.717, 1.165) is 16.7 Å². The summed E-state index contributed by atoms with van der Waals surface area (Å²) >= 11 is 0. The quantitative estimate of drug-likeness (QED) is 0.634. The summed E-state index contributed by atoms with van der Waals surface area (Å²) in [5.41, 5.74) is 5.30. The summed E-state index contributed by atoms with van der Waals surface area (Å²) in [7, 11) is 0. The normalized spacial score (nSPS) is 10.9. The number of aryl methyl sites for hydroxylation is 2. The Balaban J connectivity index is 2.27. The van der Waals surface area contributed by atoms with Crippen molar-refractivity contribution in [3.8, 4) is 5.69 Å². The molecule has 0 radical (unpaired) electrons. The first-order valence-electron chi connectivity index (χ1n) is 5.64. The maximum Gasteiger partial charge on any atom is 0.113 e. The summed E-state index contributed by atoms with van der Waals surface area (Å²) in [5.74, 6) is 0. The van der Waals surface area contributed by atoms with Gasteiger partial charge in [-0.3, -0.25) is 0 Å². The van der Waals surface area contributed by atoms with E-state index in [2.05, 4.69) is 42.2 Å². The number of nitrogens with zero attached hydrogens (tertiary/aromatic N) is 3. The van der Waals surface area contributed by atoms with Gasteiger partial charge >= 0.3 is 0 Å². The van der Waals surface area contributed by atoms with Gasteiger partial charge in [-0.1, -0.05) is 30.3 Å². The molecule has 0 N–H and O–H groups in total. The first-order valence-corrected chi connectivity index (χ1v) is 5.64. The lowest BCUT2D eigenvalue weighted by Crippen LogP contribution is -2.03. The van der Waals surface area contributed by atoms with E-state index in [4.69, 9.17) is 0 Å². The maximum atomic E-state index is 4.51. The molecule has 84 valence electrons. The second kappa shape index (κ2) is 3.70. The second-order valence-corrected chi connectivity index (χ2v) is 4.22. The average Bonchev–Trinajstić information content (AvgIpc) is 2.71. The van der Waals surface area contributed by atoms with Crippen LogP contribution in [-0.2, 0) is 0 Å². The Hall–Kier alpha value is -2.16. The smallest absolute Gasteiger partial charge is 0.113 e. The molecule has 0 spiro atoms. The monoisotopic (exact) mass is 223 g/mol. The fraction of sp³-hybridized carbons (Fsp3) is 0.143. The highest BCUT2D eigenvalue weighted by molar-refractivity contribution is 5.73. The fourth-order valence-corrected chi connectivity index (χ4v) is 2.08. The van der Waals surface area contributed by atoms with Crippen LogP contribution in [0.3, 0.4) is 0 Å². The molecular formula is C14H13N3. The zero-order valence-electron chi connectivity index (χ0n) is 9.88. The van der Waals surface area contributed by atoms with Crippen LogP contribution < -0.4 is 0 Å². The van der Waals surface area contributed by atoms with Gasteiger partial charge in [0.05, 0.1) is 5.69 Å². The summed E-state index contributed by atoms with van der Waals surface area (Å²) in [6.45, 7) is 4.16. The van der Waals surface area contributed by atoms with Gasteiger partial charge in [0.25, 0.3) is 0 Å². The SMILES string of the molecule is Cc1cccc(C)c1-n1nc2ccccc2n1. The highest BCUT2D eigenvalue weighted by Crippen LogP contribution is 2.18. The molecule has 0 bridgehead atoms. The number of benzene rings is 2. The third kappa shape index (κ3) is 1.60. The molecule has 0 aliphatic heterocycles. The number of fused-ring (bicyclic) bond motifs is 1. The van der Waals surface area contributed by atoms with Crippen molar-refractivity contribution in [3.05, 3.63) is 53.6 Å². The van der Waals surface area contributed by atoms with Gasteiger partial charge in [-0.2, -0.15) is 0 Å². The fourth-order valence-electron chi connectivity index (χ4n) is 2.08. The molecule has 0 saturated carbocycles. The predicted molar refractivity (Wildman–Crippen MR) is 68.3 cm³/mol. The molecule has 3 nitrogen and oxygen atoms in total. The Morgan fingerprint density at radius 3 is 1.82 bits per heavy atom. The summed E-state index contributed by atoms with van der Waals surface area (Å²) in [6, 6.07) is 14.1. The largest absolute Gasteiger partial charge is 0.150 e. The van der Waals surface area contributed by atoms with Crippen LogP contribution in [0, 0.1) is 13.8 Å². The molecule has 1 aromatic heterocycles. The Labute approximate surface area is 99.7 Å². The molecule has 17 heavy (non-hydrogen) atoms. The summed E-state index contributed by atoms with van der Waals surface area (Å²) < 4.78 is 0. The van der Waals surface area contributed by atoms with Crippen molar-refractivity contribution in [2.24, 2.45) is 0 Å². The van der Waals surface area contributed by atoms with E-state index in [0.29, 0.717) is 0 Å². The van der Waals surface area contributed by atoms with Crippen LogP contribution in [0.5, 0.6) is 0 Å². The first-order chi connectivity index (χ1) is 8.25. The third-order valence-electron chi connectivity index (χ3n) is 2.93. The second-order valence-electron chi connectivity index (χ2n) is 4.22. The Morgan fingerprint density at radius 1 is 0.765 bits per heavy atom.